The van der Waals surface area contributed by atoms with Crippen LogP contribution in [0.5, 0.6) is 11.5 Å². The summed E-state index contributed by atoms with van der Waals surface area (Å²) >= 11 is 7.75. The van der Waals surface area contributed by atoms with Crippen molar-refractivity contribution in [1.29, 1.82) is 0 Å². The number of thioether (sulfide) groups is 1. The number of halogens is 1. The lowest BCUT2D eigenvalue weighted by Gasteiger charge is -2.22. The molecule has 1 atom stereocenters. The highest BCUT2D eigenvalue weighted by atomic mass is 35.5. The number of rotatable bonds is 17. The SMILES string of the molecule is CCCCCSCCN(CCOc1ccc(CC(OCC)C(=O)O)cc1)C(=O)Oc1ccc(Cl)cc1. The molecule has 0 aliphatic rings. The number of carboxylic acids is 1. The molecular weight excluding hydrogens is 502 g/mol. The molecule has 0 aromatic heterocycles. The lowest BCUT2D eigenvalue weighted by molar-refractivity contribution is -0.149. The van der Waals surface area contributed by atoms with Gasteiger partial charge in [-0.15, -0.1) is 0 Å². The fraction of sp³-hybridized carbons (Fsp3) is 0.481. The molecule has 9 heteroatoms. The Morgan fingerprint density at radius 1 is 0.972 bits per heavy atom. The summed E-state index contributed by atoms with van der Waals surface area (Å²) in [5.41, 5.74) is 0.844. The van der Waals surface area contributed by atoms with Crippen molar-refractivity contribution >= 4 is 35.4 Å². The van der Waals surface area contributed by atoms with Gasteiger partial charge >= 0.3 is 12.1 Å². The van der Waals surface area contributed by atoms with Crippen LogP contribution < -0.4 is 9.47 Å². The second-order valence-electron chi connectivity index (χ2n) is 8.11. The van der Waals surface area contributed by atoms with E-state index in [1.165, 1.54) is 19.3 Å². The Bertz CT molecular complexity index is 909. The Labute approximate surface area is 223 Å². The highest BCUT2D eigenvalue weighted by Gasteiger charge is 2.18. The maximum atomic E-state index is 12.8. The average molecular weight is 538 g/mol. The van der Waals surface area contributed by atoms with E-state index in [2.05, 4.69) is 6.92 Å². The summed E-state index contributed by atoms with van der Waals surface area (Å²) in [7, 11) is 0. The molecule has 2 aromatic rings. The lowest BCUT2D eigenvalue weighted by Crippen LogP contribution is -2.38. The van der Waals surface area contributed by atoms with E-state index in [1.807, 2.05) is 23.9 Å². The number of hydrogen-bond donors (Lipinski definition) is 1. The second kappa shape index (κ2) is 17.1. The van der Waals surface area contributed by atoms with Gasteiger partial charge in [0.15, 0.2) is 6.10 Å². The van der Waals surface area contributed by atoms with Crippen LogP contribution in [0.2, 0.25) is 5.02 Å². The fourth-order valence-electron chi connectivity index (χ4n) is 3.32. The van der Waals surface area contributed by atoms with Crippen molar-refractivity contribution < 1.29 is 28.9 Å². The molecule has 1 N–H and O–H groups in total. The van der Waals surface area contributed by atoms with Gasteiger partial charge in [-0.25, -0.2) is 9.59 Å². The van der Waals surface area contributed by atoms with Gasteiger partial charge < -0.3 is 24.2 Å². The van der Waals surface area contributed by atoms with E-state index in [0.717, 1.165) is 17.1 Å². The van der Waals surface area contributed by atoms with Crippen molar-refractivity contribution in [2.24, 2.45) is 0 Å². The number of carbonyl (C=O) groups is 2. The number of carbonyl (C=O) groups excluding carboxylic acids is 1. The first kappa shape index (κ1) is 29.8. The second-order valence-corrected chi connectivity index (χ2v) is 9.77. The predicted octanol–water partition coefficient (Wildman–Crippen LogP) is 6.18. The number of aliphatic carboxylic acids is 1. The molecular formula is C27H36ClNO6S. The lowest BCUT2D eigenvalue weighted by atomic mass is 10.1. The minimum Gasteiger partial charge on any atom is -0.492 e. The molecule has 7 nitrogen and oxygen atoms in total. The zero-order valence-electron chi connectivity index (χ0n) is 21.0. The molecule has 0 fully saturated rings. The van der Waals surface area contributed by atoms with Crippen LogP contribution in [0.1, 0.15) is 38.7 Å². The Hall–Kier alpha value is -2.42. The van der Waals surface area contributed by atoms with Crippen LogP contribution in [-0.2, 0) is 16.0 Å². The summed E-state index contributed by atoms with van der Waals surface area (Å²) in [4.78, 5) is 25.7. The normalized spacial score (nSPS) is 11.6. The van der Waals surface area contributed by atoms with Gasteiger partial charge in [0, 0.05) is 30.3 Å². The number of hydrogen-bond acceptors (Lipinski definition) is 6. The minimum atomic E-state index is -0.980. The van der Waals surface area contributed by atoms with Crippen LogP contribution in [0.4, 0.5) is 4.79 Å². The van der Waals surface area contributed by atoms with Gasteiger partial charge in [-0.1, -0.05) is 43.5 Å². The first-order valence-electron chi connectivity index (χ1n) is 12.3. The number of benzene rings is 2. The van der Waals surface area contributed by atoms with Crippen LogP contribution >= 0.6 is 23.4 Å². The van der Waals surface area contributed by atoms with Gasteiger partial charge in [0.05, 0.1) is 6.54 Å². The van der Waals surface area contributed by atoms with E-state index < -0.39 is 18.2 Å². The average Bonchev–Trinajstić information content (AvgIpc) is 2.87. The maximum absolute atomic E-state index is 12.8. The van der Waals surface area contributed by atoms with E-state index in [9.17, 15) is 14.7 Å². The third-order valence-corrected chi connectivity index (χ3v) is 6.59. The highest BCUT2D eigenvalue weighted by Crippen LogP contribution is 2.18. The van der Waals surface area contributed by atoms with Crippen LogP contribution in [0.25, 0.3) is 0 Å². The van der Waals surface area contributed by atoms with Crippen LogP contribution in [0.15, 0.2) is 48.5 Å². The zero-order valence-corrected chi connectivity index (χ0v) is 22.6. The number of carboxylic acid groups (broad SMARTS) is 1. The van der Waals surface area contributed by atoms with Crippen LogP contribution in [0.3, 0.4) is 0 Å². The molecule has 0 radical (unpaired) electrons. The summed E-state index contributed by atoms with van der Waals surface area (Å²) in [6.45, 7) is 5.51. The van der Waals surface area contributed by atoms with Crippen molar-refractivity contribution in [2.75, 3.05) is 37.8 Å². The van der Waals surface area contributed by atoms with Gasteiger partial charge in [0.2, 0.25) is 0 Å². The Balaban J connectivity index is 1.88. The molecule has 0 spiro atoms. The Morgan fingerprint density at radius 2 is 1.67 bits per heavy atom. The number of unbranched alkanes of at least 4 members (excludes halogenated alkanes) is 2. The minimum absolute atomic E-state index is 0.281. The smallest absolute Gasteiger partial charge is 0.415 e. The Morgan fingerprint density at radius 3 is 2.31 bits per heavy atom. The van der Waals surface area contributed by atoms with Crippen LogP contribution in [0, 0.1) is 0 Å². The molecule has 0 saturated carbocycles. The molecule has 0 aliphatic carbocycles. The molecule has 0 bridgehead atoms. The van der Waals surface area contributed by atoms with Crippen molar-refractivity contribution in [1.82, 2.24) is 4.90 Å². The van der Waals surface area contributed by atoms with Gasteiger partial charge in [0.1, 0.15) is 18.1 Å². The summed E-state index contributed by atoms with van der Waals surface area (Å²) in [5, 5.41) is 9.83. The van der Waals surface area contributed by atoms with Gasteiger partial charge in [0.25, 0.3) is 0 Å². The molecule has 2 rings (SSSR count). The first-order valence-corrected chi connectivity index (χ1v) is 13.8. The molecule has 0 saturated heterocycles. The fourth-order valence-corrected chi connectivity index (χ4v) is 4.41. The summed E-state index contributed by atoms with van der Waals surface area (Å²) in [6.07, 6.45) is 2.55. The third kappa shape index (κ3) is 11.5. The van der Waals surface area contributed by atoms with E-state index in [1.54, 1.807) is 48.2 Å². The molecule has 2 aromatic carbocycles. The molecule has 198 valence electrons. The maximum Gasteiger partial charge on any atom is 0.415 e. The number of nitrogens with zero attached hydrogens (tertiary/aromatic N) is 1. The number of ether oxygens (including phenoxy) is 3. The Kier molecular flexibility index (Phi) is 14.2. The standard InChI is InChI=1S/C27H36ClNO6S/c1-3-5-6-18-36-19-16-29(27(32)35-24-13-9-22(28)10-14-24)15-17-34-23-11-7-21(8-12-23)20-25(26(30)31)33-4-2/h7-14,25H,3-6,15-20H2,1-2H3,(H,30,31). The van der Waals surface area contributed by atoms with E-state index in [0.29, 0.717) is 42.8 Å². The topological polar surface area (TPSA) is 85.3 Å². The molecule has 1 unspecified atom stereocenters. The van der Waals surface area contributed by atoms with Crippen molar-refractivity contribution in [3.05, 3.63) is 59.1 Å². The monoisotopic (exact) mass is 537 g/mol. The number of amides is 1. The summed E-state index contributed by atoms with van der Waals surface area (Å²) < 4.78 is 16.6. The predicted molar refractivity (Wildman–Crippen MR) is 145 cm³/mol. The first-order chi connectivity index (χ1) is 17.4. The van der Waals surface area contributed by atoms with E-state index in [4.69, 9.17) is 25.8 Å². The van der Waals surface area contributed by atoms with E-state index in [-0.39, 0.29) is 6.42 Å². The summed E-state index contributed by atoms with van der Waals surface area (Å²) in [5.74, 6) is 1.99. The van der Waals surface area contributed by atoms with Crippen molar-refractivity contribution in [3.8, 4) is 11.5 Å². The quantitative estimate of drug-likeness (QED) is 0.241. The highest BCUT2D eigenvalue weighted by molar-refractivity contribution is 7.99. The summed E-state index contributed by atoms with van der Waals surface area (Å²) in [6, 6.07) is 13.9. The largest absolute Gasteiger partial charge is 0.492 e. The van der Waals surface area contributed by atoms with Gasteiger partial charge in [-0.2, -0.15) is 11.8 Å². The molecule has 1 amide bonds. The molecule has 0 heterocycles. The third-order valence-electron chi connectivity index (χ3n) is 5.29. The van der Waals surface area contributed by atoms with Crippen molar-refractivity contribution in [2.45, 2.75) is 45.6 Å². The van der Waals surface area contributed by atoms with Gasteiger partial charge in [-0.3, -0.25) is 0 Å². The van der Waals surface area contributed by atoms with Crippen LogP contribution in [-0.4, -0.2) is 66.0 Å². The van der Waals surface area contributed by atoms with Crippen molar-refractivity contribution in [3.63, 3.8) is 0 Å². The van der Waals surface area contributed by atoms with Gasteiger partial charge in [-0.05, 0) is 61.1 Å². The van der Waals surface area contributed by atoms with E-state index >= 15 is 0 Å². The zero-order chi connectivity index (χ0) is 26.2. The molecule has 36 heavy (non-hydrogen) atoms. The molecule has 0 aliphatic heterocycles.